The van der Waals surface area contributed by atoms with Crippen molar-refractivity contribution < 1.29 is 18.7 Å². The lowest BCUT2D eigenvalue weighted by atomic mass is 10.1. The van der Waals surface area contributed by atoms with Gasteiger partial charge in [0.2, 0.25) is 0 Å². The molecule has 1 aliphatic rings. The van der Waals surface area contributed by atoms with Gasteiger partial charge >= 0.3 is 0 Å². The van der Waals surface area contributed by atoms with Gasteiger partial charge in [-0.1, -0.05) is 48.5 Å². The van der Waals surface area contributed by atoms with E-state index in [0.717, 1.165) is 16.5 Å². The number of thioether (sulfide) groups is 1. The number of amides is 1. The zero-order valence-corrected chi connectivity index (χ0v) is 21.3. The highest BCUT2D eigenvalue weighted by Crippen LogP contribution is 2.36. The van der Waals surface area contributed by atoms with E-state index < -0.39 is 0 Å². The number of aliphatic imine (C=N–C) groups is 1. The average molecular weight is 513 g/mol. The largest absolute Gasteiger partial charge is 0.493 e. The molecule has 37 heavy (non-hydrogen) atoms. The first-order chi connectivity index (χ1) is 18.1. The number of likely N-dealkylation sites (N-methyl/N-ethyl adjacent to an activating group) is 1. The zero-order valence-electron chi connectivity index (χ0n) is 20.5. The highest BCUT2D eigenvalue weighted by atomic mass is 32.2. The Kier molecular flexibility index (Phi) is 7.23. The fourth-order valence-electron chi connectivity index (χ4n) is 4.11. The van der Waals surface area contributed by atoms with Crippen molar-refractivity contribution in [1.82, 2.24) is 4.90 Å². The van der Waals surface area contributed by atoms with Crippen LogP contribution in [0.5, 0.6) is 11.5 Å². The Morgan fingerprint density at radius 3 is 2.54 bits per heavy atom. The lowest BCUT2D eigenvalue weighted by molar-refractivity contribution is -0.122. The third-order valence-corrected chi connectivity index (χ3v) is 7.01. The van der Waals surface area contributed by atoms with Crippen LogP contribution in [0, 0.1) is 5.82 Å². The van der Waals surface area contributed by atoms with Gasteiger partial charge in [-0.15, -0.1) is 0 Å². The molecule has 0 saturated carbocycles. The lowest BCUT2D eigenvalue weighted by Gasteiger charge is -2.13. The number of methoxy groups -OCH3 is 1. The second-order valence-electron chi connectivity index (χ2n) is 8.37. The van der Waals surface area contributed by atoms with Crippen LogP contribution in [0.15, 0.2) is 94.8 Å². The molecule has 1 amide bonds. The number of carbonyl (C=O) groups excluding carboxylic acids is 1. The molecule has 7 heteroatoms. The molecule has 1 heterocycles. The summed E-state index contributed by atoms with van der Waals surface area (Å²) in [5.74, 6) is 0.753. The standard InChI is InChI=1S/C30H25FN2O3S/c1-3-33-29(34)28(37-30(33)32-24-14-12-23(31)13-15-24)18-20-11-16-26(27(17-20)35-2)36-19-22-9-6-8-21-7-4-5-10-25(21)22/h4-18H,3,19H2,1-2H3/b28-18+,32-30?. The monoisotopic (exact) mass is 512 g/mol. The molecule has 4 aromatic rings. The Balaban J connectivity index is 1.36. The lowest BCUT2D eigenvalue weighted by Crippen LogP contribution is -2.28. The first kappa shape index (κ1) is 24.6. The number of hydrogen-bond donors (Lipinski definition) is 0. The van der Waals surface area contributed by atoms with Crippen LogP contribution in [0.4, 0.5) is 10.1 Å². The van der Waals surface area contributed by atoms with Crippen LogP contribution in [0.2, 0.25) is 0 Å². The van der Waals surface area contributed by atoms with E-state index in [1.165, 1.54) is 29.3 Å². The molecule has 5 rings (SSSR count). The molecule has 5 nitrogen and oxygen atoms in total. The van der Waals surface area contributed by atoms with Gasteiger partial charge in [-0.3, -0.25) is 9.69 Å². The number of nitrogens with zero attached hydrogens (tertiary/aromatic N) is 2. The second-order valence-corrected chi connectivity index (χ2v) is 9.38. The summed E-state index contributed by atoms with van der Waals surface area (Å²) in [6.45, 7) is 2.78. The summed E-state index contributed by atoms with van der Waals surface area (Å²) in [5.41, 5.74) is 2.49. The maximum atomic E-state index is 13.3. The SMILES string of the molecule is CCN1C(=O)/C(=C\c2ccc(OCc3cccc4ccccc34)c(OC)c2)SC1=Nc1ccc(F)cc1. The van der Waals surface area contributed by atoms with E-state index in [9.17, 15) is 9.18 Å². The van der Waals surface area contributed by atoms with E-state index in [2.05, 4.69) is 29.3 Å². The van der Waals surface area contributed by atoms with Crippen molar-refractivity contribution in [2.24, 2.45) is 4.99 Å². The molecule has 4 aromatic carbocycles. The van der Waals surface area contributed by atoms with Gasteiger partial charge in [-0.05, 0) is 83.1 Å². The predicted octanol–water partition coefficient (Wildman–Crippen LogP) is 7.19. The summed E-state index contributed by atoms with van der Waals surface area (Å²) in [5, 5.41) is 2.88. The molecule has 0 atom stereocenters. The molecule has 1 aliphatic heterocycles. The molecule has 0 aromatic heterocycles. The fourth-order valence-corrected chi connectivity index (χ4v) is 5.18. The summed E-state index contributed by atoms with van der Waals surface area (Å²) in [4.78, 5) is 19.7. The van der Waals surface area contributed by atoms with Crippen molar-refractivity contribution >= 4 is 45.4 Å². The normalized spacial score (nSPS) is 15.6. The van der Waals surface area contributed by atoms with Crippen LogP contribution >= 0.6 is 11.8 Å². The van der Waals surface area contributed by atoms with Gasteiger partial charge in [0, 0.05) is 6.54 Å². The van der Waals surface area contributed by atoms with E-state index in [4.69, 9.17) is 9.47 Å². The molecule has 0 bridgehead atoms. The topological polar surface area (TPSA) is 51.1 Å². The average Bonchev–Trinajstić information content (AvgIpc) is 3.22. The molecule has 0 aliphatic carbocycles. The van der Waals surface area contributed by atoms with Gasteiger partial charge in [-0.25, -0.2) is 9.38 Å². The minimum atomic E-state index is -0.328. The molecular weight excluding hydrogens is 487 g/mol. The molecule has 1 saturated heterocycles. The minimum absolute atomic E-state index is 0.122. The van der Waals surface area contributed by atoms with Crippen molar-refractivity contribution in [2.45, 2.75) is 13.5 Å². The summed E-state index contributed by atoms with van der Waals surface area (Å²) in [6, 6.07) is 25.9. The highest BCUT2D eigenvalue weighted by Gasteiger charge is 2.32. The van der Waals surface area contributed by atoms with Crippen LogP contribution in [0.25, 0.3) is 16.8 Å². The maximum Gasteiger partial charge on any atom is 0.266 e. The quantitative estimate of drug-likeness (QED) is 0.246. The zero-order chi connectivity index (χ0) is 25.8. The summed E-state index contributed by atoms with van der Waals surface area (Å²) >= 11 is 1.29. The number of hydrogen-bond acceptors (Lipinski definition) is 5. The van der Waals surface area contributed by atoms with Gasteiger partial charge in [0.05, 0.1) is 17.7 Å². The Labute approximate surface area is 219 Å². The van der Waals surface area contributed by atoms with E-state index in [0.29, 0.717) is 40.4 Å². The van der Waals surface area contributed by atoms with Gasteiger partial charge in [0.15, 0.2) is 16.7 Å². The van der Waals surface area contributed by atoms with Crippen molar-refractivity contribution in [3.8, 4) is 11.5 Å². The van der Waals surface area contributed by atoms with Crippen LogP contribution in [-0.4, -0.2) is 29.6 Å². The molecular formula is C30H25FN2O3S. The second kappa shape index (κ2) is 10.9. The van der Waals surface area contributed by atoms with E-state index >= 15 is 0 Å². The smallest absolute Gasteiger partial charge is 0.266 e. The van der Waals surface area contributed by atoms with Gasteiger partial charge < -0.3 is 9.47 Å². The van der Waals surface area contributed by atoms with Gasteiger partial charge in [0.1, 0.15) is 12.4 Å². The van der Waals surface area contributed by atoms with Crippen molar-refractivity contribution in [3.05, 3.63) is 107 Å². The van der Waals surface area contributed by atoms with Crippen molar-refractivity contribution in [2.75, 3.05) is 13.7 Å². The number of benzene rings is 4. The Morgan fingerprint density at radius 1 is 0.973 bits per heavy atom. The molecule has 1 fully saturated rings. The van der Waals surface area contributed by atoms with Gasteiger partial charge in [-0.2, -0.15) is 0 Å². The highest BCUT2D eigenvalue weighted by molar-refractivity contribution is 8.18. The van der Waals surface area contributed by atoms with Crippen LogP contribution in [0.3, 0.4) is 0 Å². The third-order valence-electron chi connectivity index (χ3n) is 6.00. The first-order valence-corrected chi connectivity index (χ1v) is 12.7. The Morgan fingerprint density at radius 2 is 1.76 bits per heavy atom. The van der Waals surface area contributed by atoms with Gasteiger partial charge in [0.25, 0.3) is 5.91 Å². The number of halogens is 1. The molecule has 0 spiro atoms. The Hall–Kier alpha value is -4.10. The van der Waals surface area contributed by atoms with Crippen LogP contribution < -0.4 is 9.47 Å². The first-order valence-electron chi connectivity index (χ1n) is 11.9. The number of amidine groups is 1. The summed E-state index contributed by atoms with van der Waals surface area (Å²) in [7, 11) is 1.60. The molecule has 0 radical (unpaired) electrons. The van der Waals surface area contributed by atoms with Crippen LogP contribution in [0.1, 0.15) is 18.1 Å². The third kappa shape index (κ3) is 5.37. The molecule has 0 N–H and O–H groups in total. The number of ether oxygens (including phenoxy) is 2. The predicted molar refractivity (Wildman–Crippen MR) is 148 cm³/mol. The van der Waals surface area contributed by atoms with Crippen LogP contribution in [-0.2, 0) is 11.4 Å². The number of fused-ring (bicyclic) bond motifs is 1. The van der Waals surface area contributed by atoms with E-state index in [1.54, 1.807) is 24.1 Å². The number of carbonyl (C=O) groups is 1. The summed E-state index contributed by atoms with van der Waals surface area (Å²) in [6.07, 6.45) is 1.82. The molecule has 186 valence electrons. The maximum absolute atomic E-state index is 13.3. The van der Waals surface area contributed by atoms with E-state index in [-0.39, 0.29) is 11.7 Å². The Bertz CT molecular complexity index is 1510. The van der Waals surface area contributed by atoms with Crippen molar-refractivity contribution in [3.63, 3.8) is 0 Å². The number of rotatable bonds is 7. The molecule has 0 unspecified atom stereocenters. The van der Waals surface area contributed by atoms with E-state index in [1.807, 2.05) is 49.4 Å². The fraction of sp³-hybridized carbons (Fsp3) is 0.133. The minimum Gasteiger partial charge on any atom is -0.493 e. The van der Waals surface area contributed by atoms with Crippen molar-refractivity contribution in [1.29, 1.82) is 0 Å². The summed E-state index contributed by atoms with van der Waals surface area (Å²) < 4.78 is 25.0.